The third-order valence-corrected chi connectivity index (χ3v) is 4.36. The third-order valence-electron chi connectivity index (χ3n) is 4.36. The van der Waals surface area contributed by atoms with E-state index in [1.165, 1.54) is 11.3 Å². The monoisotopic (exact) mass is 276 g/mol. The van der Waals surface area contributed by atoms with Gasteiger partial charge in [-0.2, -0.15) is 0 Å². The average molecular weight is 276 g/mol. The Morgan fingerprint density at radius 1 is 1.10 bits per heavy atom. The zero-order chi connectivity index (χ0) is 14.4. The Hall–Kier alpha value is -1.06. The van der Waals surface area contributed by atoms with Crippen LogP contribution in [0.1, 0.15) is 45.1 Å². The van der Waals surface area contributed by atoms with Crippen LogP contribution in [0.4, 0.5) is 5.69 Å². The van der Waals surface area contributed by atoms with E-state index in [0.717, 1.165) is 45.3 Å². The maximum Gasteiger partial charge on any atom is 0.0541 e. The lowest BCUT2D eigenvalue weighted by atomic mass is 9.93. The van der Waals surface area contributed by atoms with E-state index in [-0.39, 0.29) is 6.10 Å². The van der Waals surface area contributed by atoms with Crippen LogP contribution in [0.2, 0.25) is 0 Å². The van der Waals surface area contributed by atoms with Gasteiger partial charge in [0, 0.05) is 18.3 Å². The molecule has 0 amide bonds. The molecule has 0 bridgehead atoms. The number of hydrogen-bond donors (Lipinski definition) is 2. The molecule has 3 heteroatoms. The van der Waals surface area contributed by atoms with Crippen molar-refractivity contribution in [1.29, 1.82) is 0 Å². The van der Waals surface area contributed by atoms with Crippen molar-refractivity contribution in [2.24, 2.45) is 0 Å². The van der Waals surface area contributed by atoms with Gasteiger partial charge in [0.2, 0.25) is 0 Å². The Bertz CT molecular complexity index is 396. The first-order chi connectivity index (χ1) is 9.72. The molecule has 1 aliphatic carbocycles. The molecule has 0 aliphatic heterocycles. The minimum atomic E-state index is -0.0843. The Kier molecular flexibility index (Phi) is 5.86. The Balaban J connectivity index is 2.00. The molecule has 1 aromatic carbocycles. The molecule has 0 saturated heterocycles. The molecule has 0 spiro atoms. The lowest BCUT2D eigenvalue weighted by Gasteiger charge is -2.28. The number of nitrogens with one attached hydrogen (secondary N) is 1. The fraction of sp³-hybridized carbons (Fsp3) is 0.647. The lowest BCUT2D eigenvalue weighted by molar-refractivity contribution is 0.126. The van der Waals surface area contributed by atoms with Gasteiger partial charge in [-0.05, 0) is 50.4 Å². The fourth-order valence-corrected chi connectivity index (χ4v) is 2.93. The van der Waals surface area contributed by atoms with Crippen LogP contribution in [0.5, 0.6) is 0 Å². The number of aliphatic hydroxyl groups is 1. The van der Waals surface area contributed by atoms with Gasteiger partial charge in [-0.15, -0.1) is 0 Å². The zero-order valence-electron chi connectivity index (χ0n) is 12.8. The van der Waals surface area contributed by atoms with Crippen molar-refractivity contribution in [3.05, 3.63) is 29.8 Å². The molecule has 0 aromatic heterocycles. The highest BCUT2D eigenvalue weighted by molar-refractivity contribution is 5.51. The summed E-state index contributed by atoms with van der Waals surface area (Å²) < 4.78 is 0. The van der Waals surface area contributed by atoms with Gasteiger partial charge in [0.05, 0.1) is 6.10 Å². The predicted octanol–water partition coefficient (Wildman–Crippen LogP) is 3.24. The molecule has 112 valence electrons. The van der Waals surface area contributed by atoms with Gasteiger partial charge in [0.15, 0.2) is 0 Å². The molecule has 0 atom stereocenters. The summed E-state index contributed by atoms with van der Waals surface area (Å²) in [6, 6.07) is 9.14. The molecule has 20 heavy (non-hydrogen) atoms. The maximum absolute atomic E-state index is 9.60. The van der Waals surface area contributed by atoms with Crippen molar-refractivity contribution in [2.75, 3.05) is 18.4 Å². The molecular formula is C17H28N2O. The van der Waals surface area contributed by atoms with Gasteiger partial charge >= 0.3 is 0 Å². The van der Waals surface area contributed by atoms with Crippen LogP contribution in [0.3, 0.4) is 0 Å². The normalized spacial score (nSPS) is 23.0. The molecule has 0 radical (unpaired) electrons. The van der Waals surface area contributed by atoms with Crippen LogP contribution in [0.25, 0.3) is 0 Å². The summed E-state index contributed by atoms with van der Waals surface area (Å²) in [5.74, 6) is 0. The van der Waals surface area contributed by atoms with Gasteiger partial charge < -0.3 is 10.4 Å². The number of aliphatic hydroxyl groups excluding tert-OH is 1. The molecule has 2 N–H and O–H groups in total. The minimum Gasteiger partial charge on any atom is -0.393 e. The van der Waals surface area contributed by atoms with E-state index in [0.29, 0.717) is 6.04 Å². The molecule has 1 aliphatic rings. The summed E-state index contributed by atoms with van der Waals surface area (Å²) in [7, 11) is 0. The summed E-state index contributed by atoms with van der Waals surface area (Å²) in [6.45, 7) is 7.59. The fourth-order valence-electron chi connectivity index (χ4n) is 2.93. The SMILES string of the molecule is CCN(CC)Cc1ccccc1NC1CCC(O)CC1. The van der Waals surface area contributed by atoms with E-state index >= 15 is 0 Å². The van der Waals surface area contributed by atoms with E-state index in [9.17, 15) is 5.11 Å². The first kappa shape index (κ1) is 15.3. The number of para-hydroxylation sites is 1. The van der Waals surface area contributed by atoms with Crippen molar-refractivity contribution < 1.29 is 5.11 Å². The Morgan fingerprint density at radius 2 is 1.75 bits per heavy atom. The van der Waals surface area contributed by atoms with Gasteiger partial charge in [0.1, 0.15) is 0 Å². The molecule has 2 rings (SSSR count). The van der Waals surface area contributed by atoms with Gasteiger partial charge in [-0.3, -0.25) is 4.90 Å². The van der Waals surface area contributed by atoms with Crippen LogP contribution < -0.4 is 5.32 Å². The number of anilines is 1. The highest BCUT2D eigenvalue weighted by Crippen LogP contribution is 2.24. The van der Waals surface area contributed by atoms with Gasteiger partial charge in [-0.1, -0.05) is 32.0 Å². The zero-order valence-corrected chi connectivity index (χ0v) is 12.8. The molecule has 0 heterocycles. The van der Waals surface area contributed by atoms with Crippen molar-refractivity contribution in [3.63, 3.8) is 0 Å². The van der Waals surface area contributed by atoms with E-state index in [4.69, 9.17) is 0 Å². The van der Waals surface area contributed by atoms with Crippen LogP contribution >= 0.6 is 0 Å². The van der Waals surface area contributed by atoms with E-state index in [1.807, 2.05) is 0 Å². The quantitative estimate of drug-likeness (QED) is 0.837. The molecule has 1 fully saturated rings. The van der Waals surface area contributed by atoms with Crippen LogP contribution in [0.15, 0.2) is 24.3 Å². The van der Waals surface area contributed by atoms with Crippen LogP contribution in [0, 0.1) is 0 Å². The summed E-state index contributed by atoms with van der Waals surface area (Å²) in [4.78, 5) is 2.44. The van der Waals surface area contributed by atoms with Crippen molar-refractivity contribution in [2.45, 2.75) is 58.2 Å². The molecule has 1 aromatic rings. The average Bonchev–Trinajstić information content (AvgIpc) is 2.48. The van der Waals surface area contributed by atoms with E-state index in [1.54, 1.807) is 0 Å². The van der Waals surface area contributed by atoms with E-state index in [2.05, 4.69) is 48.3 Å². The second-order valence-corrected chi connectivity index (χ2v) is 5.77. The topological polar surface area (TPSA) is 35.5 Å². The minimum absolute atomic E-state index is 0.0843. The molecule has 0 unspecified atom stereocenters. The van der Waals surface area contributed by atoms with E-state index < -0.39 is 0 Å². The van der Waals surface area contributed by atoms with Crippen molar-refractivity contribution in [3.8, 4) is 0 Å². The Labute approximate surface area is 123 Å². The van der Waals surface area contributed by atoms with Crippen LogP contribution in [-0.4, -0.2) is 35.2 Å². The van der Waals surface area contributed by atoms with Crippen LogP contribution in [-0.2, 0) is 6.54 Å². The van der Waals surface area contributed by atoms with Gasteiger partial charge in [0.25, 0.3) is 0 Å². The Morgan fingerprint density at radius 3 is 2.40 bits per heavy atom. The highest BCUT2D eigenvalue weighted by atomic mass is 16.3. The number of nitrogens with zero attached hydrogens (tertiary/aromatic N) is 1. The van der Waals surface area contributed by atoms with Crippen molar-refractivity contribution in [1.82, 2.24) is 4.90 Å². The molecule has 3 nitrogen and oxygen atoms in total. The van der Waals surface area contributed by atoms with Crippen molar-refractivity contribution >= 4 is 5.69 Å². The first-order valence-corrected chi connectivity index (χ1v) is 7.97. The number of rotatable bonds is 6. The maximum atomic E-state index is 9.60. The summed E-state index contributed by atoms with van der Waals surface area (Å²) >= 11 is 0. The second kappa shape index (κ2) is 7.65. The van der Waals surface area contributed by atoms with Gasteiger partial charge in [-0.25, -0.2) is 0 Å². The summed E-state index contributed by atoms with van der Waals surface area (Å²) in [6.07, 6.45) is 3.91. The second-order valence-electron chi connectivity index (χ2n) is 5.77. The smallest absolute Gasteiger partial charge is 0.0541 e. The number of hydrogen-bond acceptors (Lipinski definition) is 3. The highest BCUT2D eigenvalue weighted by Gasteiger charge is 2.19. The third kappa shape index (κ3) is 4.22. The molecular weight excluding hydrogens is 248 g/mol. The lowest BCUT2D eigenvalue weighted by Crippen LogP contribution is -2.29. The number of benzene rings is 1. The predicted molar refractivity (Wildman–Crippen MR) is 85.0 cm³/mol. The standard InChI is InChI=1S/C17H28N2O/c1-3-19(4-2)13-14-7-5-6-8-17(14)18-15-9-11-16(20)12-10-15/h5-8,15-16,18,20H,3-4,9-13H2,1-2H3. The summed E-state index contributed by atoms with van der Waals surface area (Å²) in [5, 5.41) is 13.3. The first-order valence-electron chi connectivity index (χ1n) is 7.97. The molecule has 1 saturated carbocycles. The summed E-state index contributed by atoms with van der Waals surface area (Å²) in [5.41, 5.74) is 2.64. The largest absolute Gasteiger partial charge is 0.393 e.